The first-order valence-corrected chi connectivity index (χ1v) is 6.89. The van der Waals surface area contributed by atoms with E-state index in [1.807, 2.05) is 25.1 Å². The molecule has 106 valence electrons. The van der Waals surface area contributed by atoms with Crippen molar-refractivity contribution >= 4 is 5.91 Å². The lowest BCUT2D eigenvalue weighted by molar-refractivity contribution is -0.120. The van der Waals surface area contributed by atoms with Gasteiger partial charge in [0, 0.05) is 6.54 Å². The van der Waals surface area contributed by atoms with Gasteiger partial charge in [-0.3, -0.25) is 4.79 Å². The van der Waals surface area contributed by atoms with Crippen LogP contribution >= 0.6 is 0 Å². The van der Waals surface area contributed by atoms with Gasteiger partial charge in [-0.25, -0.2) is 0 Å². The SMILES string of the molecule is Cc1ccc(CC(=O)NCC(O)CC(C)C)cc1C. The number of aryl methyl sites for hydroxylation is 2. The molecule has 0 fully saturated rings. The van der Waals surface area contributed by atoms with Crippen molar-refractivity contribution < 1.29 is 9.90 Å². The molecule has 1 unspecified atom stereocenters. The molecular weight excluding hydrogens is 238 g/mol. The van der Waals surface area contributed by atoms with Gasteiger partial charge in [0.2, 0.25) is 5.91 Å². The van der Waals surface area contributed by atoms with Gasteiger partial charge in [-0.15, -0.1) is 0 Å². The maximum Gasteiger partial charge on any atom is 0.224 e. The number of hydrogen-bond donors (Lipinski definition) is 2. The first-order chi connectivity index (χ1) is 8.88. The Kier molecular flexibility index (Phi) is 6.03. The van der Waals surface area contributed by atoms with Gasteiger partial charge in [0.25, 0.3) is 0 Å². The summed E-state index contributed by atoms with van der Waals surface area (Å²) in [6.07, 6.45) is 0.628. The molecule has 0 bridgehead atoms. The maximum absolute atomic E-state index is 11.8. The maximum atomic E-state index is 11.8. The monoisotopic (exact) mass is 263 g/mol. The number of benzene rings is 1. The Morgan fingerprint density at radius 3 is 2.53 bits per heavy atom. The molecule has 2 N–H and O–H groups in total. The highest BCUT2D eigenvalue weighted by Gasteiger charge is 2.09. The van der Waals surface area contributed by atoms with Gasteiger partial charge in [0.1, 0.15) is 0 Å². The normalized spacial score (nSPS) is 12.5. The first-order valence-electron chi connectivity index (χ1n) is 6.89. The molecule has 1 aromatic rings. The van der Waals surface area contributed by atoms with Crippen LogP contribution < -0.4 is 5.32 Å². The van der Waals surface area contributed by atoms with Crippen LogP contribution in [0.1, 0.15) is 37.0 Å². The third-order valence-electron chi connectivity index (χ3n) is 3.21. The van der Waals surface area contributed by atoms with Gasteiger partial charge in [-0.05, 0) is 42.9 Å². The Balaban J connectivity index is 2.40. The van der Waals surface area contributed by atoms with Crippen LogP contribution in [0, 0.1) is 19.8 Å². The fourth-order valence-corrected chi connectivity index (χ4v) is 2.02. The minimum absolute atomic E-state index is 0.0361. The Bertz CT molecular complexity index is 427. The highest BCUT2D eigenvalue weighted by molar-refractivity contribution is 5.78. The molecule has 1 atom stereocenters. The van der Waals surface area contributed by atoms with E-state index in [9.17, 15) is 9.90 Å². The van der Waals surface area contributed by atoms with Gasteiger partial charge < -0.3 is 10.4 Å². The van der Waals surface area contributed by atoms with Gasteiger partial charge in [0.05, 0.1) is 12.5 Å². The van der Waals surface area contributed by atoms with Crippen LogP contribution in [0.15, 0.2) is 18.2 Å². The lowest BCUT2D eigenvalue weighted by Crippen LogP contribution is -2.33. The van der Waals surface area contributed by atoms with E-state index in [0.717, 1.165) is 5.56 Å². The summed E-state index contributed by atoms with van der Waals surface area (Å²) < 4.78 is 0. The second-order valence-electron chi connectivity index (χ2n) is 5.68. The molecule has 0 spiro atoms. The quantitative estimate of drug-likeness (QED) is 0.828. The average Bonchev–Trinajstić information content (AvgIpc) is 2.30. The first kappa shape index (κ1) is 15.7. The zero-order chi connectivity index (χ0) is 14.4. The van der Waals surface area contributed by atoms with Crippen molar-refractivity contribution in [3.05, 3.63) is 34.9 Å². The summed E-state index contributed by atoms with van der Waals surface area (Å²) >= 11 is 0. The molecule has 3 heteroatoms. The van der Waals surface area contributed by atoms with Crippen molar-refractivity contribution in [3.63, 3.8) is 0 Å². The van der Waals surface area contributed by atoms with Crippen molar-refractivity contribution in [2.24, 2.45) is 5.92 Å². The number of hydrogen-bond acceptors (Lipinski definition) is 2. The number of carbonyl (C=O) groups excluding carboxylic acids is 1. The number of aliphatic hydroxyl groups excluding tert-OH is 1. The lowest BCUT2D eigenvalue weighted by atomic mass is 10.0. The Morgan fingerprint density at radius 2 is 1.95 bits per heavy atom. The van der Waals surface area contributed by atoms with E-state index in [-0.39, 0.29) is 5.91 Å². The van der Waals surface area contributed by atoms with Gasteiger partial charge in [0.15, 0.2) is 0 Å². The van der Waals surface area contributed by atoms with Crippen molar-refractivity contribution in [2.75, 3.05) is 6.54 Å². The predicted octanol–water partition coefficient (Wildman–Crippen LogP) is 2.37. The van der Waals surface area contributed by atoms with E-state index < -0.39 is 6.10 Å². The Morgan fingerprint density at radius 1 is 1.26 bits per heavy atom. The molecule has 0 saturated heterocycles. The molecule has 0 radical (unpaired) electrons. The third-order valence-corrected chi connectivity index (χ3v) is 3.21. The van der Waals surface area contributed by atoms with E-state index in [1.165, 1.54) is 11.1 Å². The van der Waals surface area contributed by atoms with Crippen molar-refractivity contribution in [1.29, 1.82) is 0 Å². The molecule has 0 aliphatic heterocycles. The summed E-state index contributed by atoms with van der Waals surface area (Å²) in [6, 6.07) is 6.05. The van der Waals surface area contributed by atoms with Crippen LogP contribution in [0.3, 0.4) is 0 Å². The topological polar surface area (TPSA) is 49.3 Å². The average molecular weight is 263 g/mol. The van der Waals surface area contributed by atoms with E-state index in [0.29, 0.717) is 25.3 Å². The minimum atomic E-state index is -0.455. The zero-order valence-electron chi connectivity index (χ0n) is 12.4. The number of aliphatic hydroxyl groups is 1. The van der Waals surface area contributed by atoms with E-state index >= 15 is 0 Å². The van der Waals surface area contributed by atoms with Crippen LogP contribution in [0.5, 0.6) is 0 Å². The second-order valence-corrected chi connectivity index (χ2v) is 5.68. The molecule has 0 heterocycles. The summed E-state index contributed by atoms with van der Waals surface area (Å²) in [4.78, 5) is 11.8. The van der Waals surface area contributed by atoms with E-state index in [1.54, 1.807) is 0 Å². The van der Waals surface area contributed by atoms with Gasteiger partial charge in [-0.2, -0.15) is 0 Å². The van der Waals surface area contributed by atoms with Crippen molar-refractivity contribution in [3.8, 4) is 0 Å². The minimum Gasteiger partial charge on any atom is -0.391 e. The van der Waals surface area contributed by atoms with Crippen molar-refractivity contribution in [2.45, 2.75) is 46.6 Å². The number of carbonyl (C=O) groups is 1. The molecule has 1 aromatic carbocycles. The highest BCUT2D eigenvalue weighted by atomic mass is 16.3. The standard InChI is InChI=1S/C16H25NO2/c1-11(2)7-15(18)10-17-16(19)9-14-6-5-12(3)13(4)8-14/h5-6,8,11,15,18H,7,9-10H2,1-4H3,(H,17,19). The largest absolute Gasteiger partial charge is 0.391 e. The number of rotatable bonds is 6. The second kappa shape index (κ2) is 7.29. The molecule has 19 heavy (non-hydrogen) atoms. The van der Waals surface area contributed by atoms with Crippen molar-refractivity contribution in [1.82, 2.24) is 5.32 Å². The molecule has 1 amide bonds. The van der Waals surface area contributed by atoms with E-state index in [2.05, 4.69) is 26.1 Å². The van der Waals surface area contributed by atoms with Crippen LogP contribution in [-0.4, -0.2) is 23.7 Å². The zero-order valence-corrected chi connectivity index (χ0v) is 12.4. The Hall–Kier alpha value is -1.35. The van der Waals surface area contributed by atoms with Gasteiger partial charge in [-0.1, -0.05) is 32.0 Å². The van der Waals surface area contributed by atoms with Crippen LogP contribution in [0.25, 0.3) is 0 Å². The predicted molar refractivity (Wildman–Crippen MR) is 78.1 cm³/mol. The summed E-state index contributed by atoms with van der Waals surface area (Å²) in [6.45, 7) is 8.55. The van der Waals surface area contributed by atoms with E-state index in [4.69, 9.17) is 0 Å². The molecule has 0 saturated carbocycles. The molecule has 1 rings (SSSR count). The smallest absolute Gasteiger partial charge is 0.224 e. The molecule has 0 aliphatic rings. The summed E-state index contributed by atoms with van der Waals surface area (Å²) in [7, 11) is 0. The summed E-state index contributed by atoms with van der Waals surface area (Å²) in [5.41, 5.74) is 3.45. The number of nitrogens with one attached hydrogen (secondary N) is 1. The molecule has 0 aliphatic carbocycles. The fourth-order valence-electron chi connectivity index (χ4n) is 2.02. The van der Waals surface area contributed by atoms with Gasteiger partial charge >= 0.3 is 0 Å². The molecular formula is C16H25NO2. The summed E-state index contributed by atoms with van der Waals surface area (Å²) in [5, 5.41) is 12.5. The molecule has 0 aromatic heterocycles. The highest BCUT2D eigenvalue weighted by Crippen LogP contribution is 2.10. The lowest BCUT2D eigenvalue weighted by Gasteiger charge is -2.14. The van der Waals surface area contributed by atoms with Crippen LogP contribution in [0.2, 0.25) is 0 Å². The fraction of sp³-hybridized carbons (Fsp3) is 0.562. The number of amides is 1. The van der Waals surface area contributed by atoms with Crippen LogP contribution in [0.4, 0.5) is 0 Å². The summed E-state index contributed by atoms with van der Waals surface area (Å²) in [5.74, 6) is 0.401. The third kappa shape index (κ3) is 5.88. The molecule has 3 nitrogen and oxygen atoms in total. The Labute approximate surface area is 116 Å². The van der Waals surface area contributed by atoms with Crippen LogP contribution in [-0.2, 0) is 11.2 Å².